The molecule has 0 unspecified atom stereocenters. The molecule has 1 aliphatic rings. The first kappa shape index (κ1) is 21.8. The number of pyridine rings is 1. The minimum Gasteiger partial charge on any atom is -0.491 e. The quantitative estimate of drug-likeness (QED) is 0.125. The molecule has 0 saturated heterocycles. The fourth-order valence-electron chi connectivity index (χ4n) is 4.10. The van der Waals surface area contributed by atoms with E-state index in [4.69, 9.17) is 15.9 Å². The van der Waals surface area contributed by atoms with Gasteiger partial charge in [0.05, 0.1) is 25.1 Å². The maximum Gasteiger partial charge on any atom is 0.143 e. The zero-order valence-electron chi connectivity index (χ0n) is 18.8. The number of fused-ring (bicyclic) bond motifs is 3. The highest BCUT2D eigenvalue weighted by Crippen LogP contribution is 2.42. The highest BCUT2D eigenvalue weighted by Gasteiger charge is 2.23. The van der Waals surface area contributed by atoms with Gasteiger partial charge < -0.3 is 20.4 Å². The zero-order chi connectivity index (χ0) is 22.8. The van der Waals surface area contributed by atoms with Crippen LogP contribution in [0.2, 0.25) is 0 Å². The van der Waals surface area contributed by atoms with Crippen molar-refractivity contribution in [2.24, 2.45) is 5.73 Å². The van der Waals surface area contributed by atoms with Gasteiger partial charge in [0, 0.05) is 33.7 Å². The van der Waals surface area contributed by atoms with E-state index in [9.17, 15) is 0 Å². The number of nitrogens with one attached hydrogen (secondary N) is 2. The lowest BCUT2D eigenvalue weighted by Gasteiger charge is -2.16. The van der Waals surface area contributed by atoms with E-state index in [1.165, 1.54) is 35.2 Å². The van der Waals surface area contributed by atoms with E-state index in [0.29, 0.717) is 19.8 Å². The summed E-state index contributed by atoms with van der Waals surface area (Å²) < 4.78 is 6.19. The fourth-order valence-corrected chi connectivity index (χ4v) is 5.21. The van der Waals surface area contributed by atoms with Crippen LogP contribution in [0.4, 0.5) is 0 Å². The molecule has 33 heavy (non-hydrogen) atoms. The lowest BCUT2D eigenvalue weighted by molar-refractivity contribution is 0.291. The van der Waals surface area contributed by atoms with E-state index in [1.54, 1.807) is 4.90 Å². The van der Waals surface area contributed by atoms with Gasteiger partial charge in [-0.15, -0.1) is 11.8 Å². The largest absolute Gasteiger partial charge is 0.491 e. The number of hydrogen-bond acceptors (Lipinski definition) is 5. The number of hydrogen-bond donors (Lipinski definition) is 3. The predicted octanol–water partition coefficient (Wildman–Crippen LogP) is 5.54. The number of aromatic amines is 1. The molecular weight excluding hydrogens is 430 g/mol. The van der Waals surface area contributed by atoms with Crippen molar-refractivity contribution < 1.29 is 4.74 Å². The summed E-state index contributed by atoms with van der Waals surface area (Å²) in [5.41, 5.74) is 11.0. The highest BCUT2D eigenvalue weighted by atomic mass is 32.2. The fraction of sp³-hybridized carbons (Fsp3) is 0.308. The monoisotopic (exact) mass is 459 g/mol. The van der Waals surface area contributed by atoms with Gasteiger partial charge in [-0.1, -0.05) is 12.1 Å². The second-order valence-electron chi connectivity index (χ2n) is 8.57. The molecule has 1 fully saturated rings. The Labute approximate surface area is 198 Å². The Hall–Kier alpha value is -3.03. The highest BCUT2D eigenvalue weighted by molar-refractivity contribution is 8.00. The van der Waals surface area contributed by atoms with Crippen molar-refractivity contribution in [3.05, 3.63) is 54.2 Å². The molecule has 0 atom stereocenters. The van der Waals surface area contributed by atoms with Crippen molar-refractivity contribution in [1.29, 1.82) is 5.41 Å². The summed E-state index contributed by atoms with van der Waals surface area (Å²) in [7, 11) is 0. The molecule has 170 valence electrons. The summed E-state index contributed by atoms with van der Waals surface area (Å²) in [6.45, 7) is 3.66. The SMILES string of the molecule is Cc1cnc2[nH]c3c(OCCCN(C=N)CN)ccc(-c4cccc(SC5CC5)c4)c3c2c1. The van der Waals surface area contributed by atoms with E-state index >= 15 is 0 Å². The van der Waals surface area contributed by atoms with Crippen molar-refractivity contribution >= 4 is 40.0 Å². The molecule has 1 saturated carbocycles. The normalized spacial score (nSPS) is 13.5. The third-order valence-corrected chi connectivity index (χ3v) is 7.27. The van der Waals surface area contributed by atoms with Crippen molar-refractivity contribution in [3.63, 3.8) is 0 Å². The maximum absolute atomic E-state index is 7.37. The van der Waals surface area contributed by atoms with Gasteiger partial charge in [0.25, 0.3) is 0 Å². The van der Waals surface area contributed by atoms with Gasteiger partial charge in [0.15, 0.2) is 0 Å². The molecule has 0 aliphatic heterocycles. The third-order valence-electron chi connectivity index (χ3n) is 5.94. The molecule has 2 heterocycles. The van der Waals surface area contributed by atoms with Crippen LogP contribution in [0.5, 0.6) is 5.75 Å². The van der Waals surface area contributed by atoms with Crippen LogP contribution in [0.25, 0.3) is 33.1 Å². The number of H-pyrrole nitrogens is 1. The zero-order valence-corrected chi connectivity index (χ0v) is 19.6. The van der Waals surface area contributed by atoms with Crippen LogP contribution < -0.4 is 10.5 Å². The Morgan fingerprint density at radius 2 is 2.15 bits per heavy atom. The van der Waals surface area contributed by atoms with E-state index in [1.807, 2.05) is 18.0 Å². The average molecular weight is 460 g/mol. The van der Waals surface area contributed by atoms with Gasteiger partial charge in [-0.3, -0.25) is 5.41 Å². The summed E-state index contributed by atoms with van der Waals surface area (Å²) in [5.74, 6) is 0.821. The topological polar surface area (TPSA) is 91.0 Å². The van der Waals surface area contributed by atoms with Crippen LogP contribution >= 0.6 is 11.8 Å². The predicted molar refractivity (Wildman–Crippen MR) is 137 cm³/mol. The average Bonchev–Trinajstić information content (AvgIpc) is 3.57. The van der Waals surface area contributed by atoms with Gasteiger partial charge in [-0.25, -0.2) is 4.98 Å². The standard InChI is InChI=1S/C26H29N5OS/c1-17-12-22-24-21(18-4-2-5-20(13-18)33-19-6-7-19)8-9-23(25(24)30-26(22)29-14-17)32-11-3-10-31(15-27)16-28/h2,4-5,8-9,12-15,19,27H,3,6-7,10-11,16,28H2,1H3,(H,29,30). The lowest BCUT2D eigenvalue weighted by Crippen LogP contribution is -2.30. The van der Waals surface area contributed by atoms with Crippen molar-refractivity contribution in [2.45, 2.75) is 36.3 Å². The van der Waals surface area contributed by atoms with E-state index < -0.39 is 0 Å². The van der Waals surface area contributed by atoms with Gasteiger partial charge in [-0.2, -0.15) is 0 Å². The Balaban J connectivity index is 1.52. The smallest absolute Gasteiger partial charge is 0.143 e. The molecule has 0 amide bonds. The van der Waals surface area contributed by atoms with Crippen molar-refractivity contribution in [2.75, 3.05) is 19.8 Å². The summed E-state index contributed by atoms with van der Waals surface area (Å²) >= 11 is 1.98. The molecule has 7 heteroatoms. The Morgan fingerprint density at radius 3 is 2.94 bits per heavy atom. The van der Waals surface area contributed by atoms with Crippen LogP contribution in [-0.4, -0.2) is 46.3 Å². The minimum atomic E-state index is 0.341. The number of rotatable bonds is 10. The summed E-state index contributed by atoms with van der Waals surface area (Å²) in [6, 6.07) is 15.3. The van der Waals surface area contributed by atoms with Gasteiger partial charge >= 0.3 is 0 Å². The Bertz CT molecular complexity index is 1300. The van der Waals surface area contributed by atoms with E-state index in [0.717, 1.165) is 44.9 Å². The first-order valence-electron chi connectivity index (χ1n) is 11.4. The van der Waals surface area contributed by atoms with Gasteiger partial charge in [0.2, 0.25) is 0 Å². The minimum absolute atomic E-state index is 0.341. The molecular formula is C26H29N5OS. The molecule has 4 aromatic rings. The molecule has 6 nitrogen and oxygen atoms in total. The lowest BCUT2D eigenvalue weighted by atomic mass is 9.99. The number of aromatic nitrogens is 2. The number of aryl methyl sites for hydroxylation is 1. The third kappa shape index (κ3) is 4.70. The van der Waals surface area contributed by atoms with Gasteiger partial charge in [-0.05, 0) is 73.2 Å². The number of thioether (sulfide) groups is 1. The number of ether oxygens (including phenoxy) is 1. The molecule has 0 radical (unpaired) electrons. The van der Waals surface area contributed by atoms with Crippen LogP contribution in [0.15, 0.2) is 53.6 Å². The van der Waals surface area contributed by atoms with Crippen molar-refractivity contribution in [1.82, 2.24) is 14.9 Å². The van der Waals surface area contributed by atoms with Crippen molar-refractivity contribution in [3.8, 4) is 16.9 Å². The molecule has 0 bridgehead atoms. The summed E-state index contributed by atoms with van der Waals surface area (Å²) in [6.07, 6.45) is 6.59. The summed E-state index contributed by atoms with van der Waals surface area (Å²) in [4.78, 5) is 11.2. The second-order valence-corrected chi connectivity index (χ2v) is 9.94. The van der Waals surface area contributed by atoms with E-state index in [2.05, 4.69) is 59.4 Å². The van der Waals surface area contributed by atoms with Crippen LogP contribution in [0, 0.1) is 12.3 Å². The van der Waals surface area contributed by atoms with Crippen LogP contribution in [-0.2, 0) is 0 Å². The number of nitrogens with zero attached hydrogens (tertiary/aromatic N) is 2. The second kappa shape index (κ2) is 9.45. The summed E-state index contributed by atoms with van der Waals surface area (Å²) in [5, 5.41) is 10.4. The molecule has 1 aliphatic carbocycles. The maximum atomic E-state index is 7.37. The number of nitrogens with two attached hydrogens (primary N) is 1. The molecule has 4 N–H and O–H groups in total. The van der Waals surface area contributed by atoms with Crippen LogP contribution in [0.3, 0.4) is 0 Å². The first-order chi connectivity index (χ1) is 16.2. The number of benzene rings is 2. The Kier molecular flexibility index (Phi) is 6.24. The van der Waals surface area contributed by atoms with Crippen LogP contribution in [0.1, 0.15) is 24.8 Å². The molecule has 0 spiro atoms. The Morgan fingerprint density at radius 1 is 1.27 bits per heavy atom. The molecule has 2 aromatic heterocycles. The van der Waals surface area contributed by atoms with E-state index in [-0.39, 0.29) is 0 Å². The first-order valence-corrected chi connectivity index (χ1v) is 12.3. The van der Waals surface area contributed by atoms with Gasteiger partial charge in [0.1, 0.15) is 11.4 Å². The molecule has 5 rings (SSSR count). The molecule has 2 aromatic carbocycles.